The van der Waals surface area contributed by atoms with Crippen molar-refractivity contribution in [1.82, 2.24) is 0 Å². The van der Waals surface area contributed by atoms with Gasteiger partial charge in [-0.1, -0.05) is 63.6 Å². The Balaban J connectivity index is 1.90. The fraction of sp³-hybridized carbons (Fsp3) is 0.667. The molecule has 0 aliphatic heterocycles. The Morgan fingerprint density at radius 1 is 1.21 bits per heavy atom. The van der Waals surface area contributed by atoms with Crippen LogP contribution in [0.2, 0.25) is 0 Å². The van der Waals surface area contributed by atoms with Gasteiger partial charge < -0.3 is 4.74 Å². The minimum absolute atomic E-state index is 0.210. The van der Waals surface area contributed by atoms with Crippen LogP contribution in [0.5, 0.6) is 0 Å². The van der Waals surface area contributed by atoms with Gasteiger partial charge in [-0.2, -0.15) is 0 Å². The standard InChI is InChI=1S/C27H40O2/c1-7-26(5)18-16-22-20(19-26)13-14-23-25(3,4)17-15-21(27(22,23)6)11-9-10-12-24(28)29-8-2/h7,9-12,16,20-21,23H,1,8,13-15,17-19H2,2-6H3/b11-9+,12-10+/t20-,21?,23-,26+,27+/m0/s1. The third-order valence-corrected chi connectivity index (χ3v) is 8.37. The zero-order valence-corrected chi connectivity index (χ0v) is 19.2. The smallest absolute Gasteiger partial charge is 0.330 e. The highest BCUT2D eigenvalue weighted by Gasteiger charge is 2.56. The Hall–Kier alpha value is -1.57. The lowest BCUT2D eigenvalue weighted by Gasteiger charge is -2.61. The van der Waals surface area contributed by atoms with Crippen LogP contribution in [0.1, 0.15) is 73.1 Å². The zero-order chi connectivity index (χ0) is 21.3. The van der Waals surface area contributed by atoms with Crippen LogP contribution in [-0.4, -0.2) is 12.6 Å². The summed E-state index contributed by atoms with van der Waals surface area (Å²) in [4.78, 5) is 11.6. The maximum absolute atomic E-state index is 11.6. The van der Waals surface area contributed by atoms with E-state index in [1.165, 1.54) is 38.2 Å². The van der Waals surface area contributed by atoms with E-state index in [9.17, 15) is 4.79 Å². The molecule has 3 aliphatic carbocycles. The number of carbonyl (C=O) groups excluding carboxylic acids is 1. The Labute approximate surface area is 178 Å². The second kappa shape index (κ2) is 8.28. The number of fused-ring (bicyclic) bond motifs is 3. The summed E-state index contributed by atoms with van der Waals surface area (Å²) in [6.45, 7) is 16.2. The average Bonchev–Trinajstić information content (AvgIpc) is 2.66. The van der Waals surface area contributed by atoms with Crippen LogP contribution in [-0.2, 0) is 9.53 Å². The van der Waals surface area contributed by atoms with Crippen LogP contribution in [0.15, 0.2) is 48.6 Å². The molecule has 29 heavy (non-hydrogen) atoms. The number of allylic oxidation sites excluding steroid dienone is 6. The largest absolute Gasteiger partial charge is 0.463 e. The van der Waals surface area contributed by atoms with Crippen LogP contribution in [0.4, 0.5) is 0 Å². The Kier molecular flexibility index (Phi) is 6.32. The number of ether oxygens (including phenoxy) is 1. The van der Waals surface area contributed by atoms with E-state index in [-0.39, 0.29) is 16.8 Å². The van der Waals surface area contributed by atoms with Crippen molar-refractivity contribution in [2.24, 2.45) is 34.0 Å². The molecule has 0 bridgehead atoms. The summed E-state index contributed by atoms with van der Waals surface area (Å²) < 4.78 is 4.99. The minimum atomic E-state index is -0.262. The van der Waals surface area contributed by atoms with Crippen LogP contribution in [0.3, 0.4) is 0 Å². The van der Waals surface area contributed by atoms with Crippen molar-refractivity contribution in [2.75, 3.05) is 6.61 Å². The van der Waals surface area contributed by atoms with Crippen molar-refractivity contribution in [3.8, 4) is 0 Å². The normalized spacial score (nSPS) is 38.9. The monoisotopic (exact) mass is 396 g/mol. The van der Waals surface area contributed by atoms with Crippen LogP contribution >= 0.6 is 0 Å². The molecule has 0 radical (unpaired) electrons. The van der Waals surface area contributed by atoms with Gasteiger partial charge in [0.05, 0.1) is 6.61 Å². The van der Waals surface area contributed by atoms with Gasteiger partial charge in [0, 0.05) is 6.08 Å². The van der Waals surface area contributed by atoms with Gasteiger partial charge in [0.1, 0.15) is 0 Å². The SMILES string of the molecule is C=C[C@]1(C)CC=C2[C@@H](CC[C@H]3C(C)(C)CCC(/C=C/C=C/C(=O)OCC)[C@]23C)C1. The molecule has 0 aromatic heterocycles. The van der Waals surface area contributed by atoms with Crippen LogP contribution in [0.25, 0.3) is 0 Å². The quantitative estimate of drug-likeness (QED) is 0.215. The molecule has 0 N–H and O–H groups in total. The Morgan fingerprint density at radius 2 is 1.97 bits per heavy atom. The lowest BCUT2D eigenvalue weighted by molar-refractivity contribution is -0.137. The molecular weight excluding hydrogens is 356 g/mol. The van der Waals surface area contributed by atoms with E-state index in [1.807, 2.05) is 13.0 Å². The molecule has 2 fully saturated rings. The van der Waals surface area contributed by atoms with E-state index in [0.717, 1.165) is 6.42 Å². The van der Waals surface area contributed by atoms with Gasteiger partial charge in [0.2, 0.25) is 0 Å². The first kappa shape index (κ1) is 22.1. The molecular formula is C27H40O2. The second-order valence-electron chi connectivity index (χ2n) is 10.7. The molecule has 2 nitrogen and oxygen atoms in total. The topological polar surface area (TPSA) is 26.3 Å². The van der Waals surface area contributed by atoms with E-state index in [1.54, 1.807) is 5.57 Å². The molecule has 2 heteroatoms. The number of esters is 1. The lowest BCUT2D eigenvalue weighted by atomic mass is 9.43. The molecule has 0 aromatic rings. The molecule has 160 valence electrons. The van der Waals surface area contributed by atoms with E-state index in [2.05, 4.69) is 58.6 Å². The fourth-order valence-corrected chi connectivity index (χ4v) is 6.71. The summed E-state index contributed by atoms with van der Waals surface area (Å²) in [6.07, 6.45) is 20.1. The fourth-order valence-electron chi connectivity index (χ4n) is 6.71. The highest BCUT2D eigenvalue weighted by Crippen LogP contribution is 2.65. The first-order valence-corrected chi connectivity index (χ1v) is 11.5. The maximum Gasteiger partial charge on any atom is 0.330 e. The zero-order valence-electron chi connectivity index (χ0n) is 19.2. The number of hydrogen-bond acceptors (Lipinski definition) is 2. The van der Waals surface area contributed by atoms with E-state index in [4.69, 9.17) is 4.74 Å². The third-order valence-electron chi connectivity index (χ3n) is 8.37. The van der Waals surface area contributed by atoms with Gasteiger partial charge in [-0.15, -0.1) is 6.58 Å². The van der Waals surface area contributed by atoms with Gasteiger partial charge in [-0.25, -0.2) is 4.79 Å². The van der Waals surface area contributed by atoms with Crippen molar-refractivity contribution in [1.29, 1.82) is 0 Å². The minimum Gasteiger partial charge on any atom is -0.463 e. The molecule has 1 unspecified atom stereocenters. The van der Waals surface area contributed by atoms with Crippen molar-refractivity contribution in [2.45, 2.75) is 73.1 Å². The van der Waals surface area contributed by atoms with Crippen molar-refractivity contribution >= 4 is 5.97 Å². The van der Waals surface area contributed by atoms with E-state index < -0.39 is 0 Å². The summed E-state index contributed by atoms with van der Waals surface area (Å²) in [5.74, 6) is 1.66. The molecule has 0 spiro atoms. The summed E-state index contributed by atoms with van der Waals surface area (Å²) in [6, 6.07) is 0. The molecule has 0 saturated heterocycles. The highest BCUT2D eigenvalue weighted by atomic mass is 16.5. The van der Waals surface area contributed by atoms with E-state index >= 15 is 0 Å². The lowest BCUT2D eigenvalue weighted by Crippen LogP contribution is -2.52. The van der Waals surface area contributed by atoms with Crippen molar-refractivity contribution in [3.05, 3.63) is 48.6 Å². The predicted molar refractivity (Wildman–Crippen MR) is 121 cm³/mol. The van der Waals surface area contributed by atoms with Gasteiger partial charge in [0.15, 0.2) is 0 Å². The predicted octanol–water partition coefficient (Wildman–Crippen LogP) is 7.04. The molecule has 0 amide bonds. The average molecular weight is 397 g/mol. The van der Waals surface area contributed by atoms with E-state index in [0.29, 0.717) is 29.8 Å². The van der Waals surface area contributed by atoms with Crippen LogP contribution in [0, 0.1) is 34.0 Å². The van der Waals surface area contributed by atoms with Gasteiger partial charge >= 0.3 is 5.97 Å². The second-order valence-corrected chi connectivity index (χ2v) is 10.7. The summed E-state index contributed by atoms with van der Waals surface area (Å²) in [7, 11) is 0. The number of rotatable bonds is 5. The van der Waals surface area contributed by atoms with Gasteiger partial charge in [-0.3, -0.25) is 0 Å². The highest BCUT2D eigenvalue weighted by molar-refractivity contribution is 5.82. The van der Waals surface area contributed by atoms with Crippen molar-refractivity contribution < 1.29 is 9.53 Å². The molecule has 5 atom stereocenters. The summed E-state index contributed by atoms with van der Waals surface area (Å²) in [5.41, 5.74) is 2.55. The van der Waals surface area contributed by atoms with Gasteiger partial charge in [-0.05, 0) is 79.4 Å². The molecule has 3 rings (SSSR count). The summed E-state index contributed by atoms with van der Waals surface area (Å²) in [5, 5.41) is 0. The third kappa shape index (κ3) is 4.18. The first-order valence-electron chi connectivity index (χ1n) is 11.5. The first-order chi connectivity index (χ1) is 13.7. The number of hydrogen-bond donors (Lipinski definition) is 0. The number of carbonyl (C=O) groups is 1. The Morgan fingerprint density at radius 3 is 2.66 bits per heavy atom. The molecule has 0 heterocycles. The van der Waals surface area contributed by atoms with Gasteiger partial charge in [0.25, 0.3) is 0 Å². The summed E-state index contributed by atoms with van der Waals surface area (Å²) >= 11 is 0. The van der Waals surface area contributed by atoms with Crippen LogP contribution < -0.4 is 0 Å². The molecule has 0 aromatic carbocycles. The molecule has 3 aliphatic rings. The molecule has 2 saturated carbocycles. The maximum atomic E-state index is 11.6. The van der Waals surface area contributed by atoms with Crippen molar-refractivity contribution in [3.63, 3.8) is 0 Å². The Bertz CT molecular complexity index is 725.